The molecule has 1 rings (SSSR count). The Morgan fingerprint density at radius 3 is 2.63 bits per heavy atom. The van der Waals surface area contributed by atoms with Gasteiger partial charge in [-0.25, -0.2) is 13.1 Å². The number of carbonyl (C=O) groups excluding carboxylic acids is 1. The van der Waals surface area contributed by atoms with Crippen molar-refractivity contribution >= 4 is 27.6 Å². The molecule has 0 radical (unpaired) electrons. The predicted molar refractivity (Wildman–Crippen MR) is 94.4 cm³/mol. The van der Waals surface area contributed by atoms with Crippen LogP contribution in [-0.4, -0.2) is 43.5 Å². The summed E-state index contributed by atoms with van der Waals surface area (Å²) in [5, 5.41) is 20.1. The fourth-order valence-electron chi connectivity index (χ4n) is 2.04. The molecule has 0 saturated carbocycles. The fourth-order valence-corrected chi connectivity index (χ4v) is 3.30. The van der Waals surface area contributed by atoms with E-state index in [0.29, 0.717) is 12.8 Å². The normalized spacial score (nSPS) is 12.1. The van der Waals surface area contributed by atoms with Crippen LogP contribution in [0, 0.1) is 16.0 Å². The van der Waals surface area contributed by atoms with Gasteiger partial charge >= 0.3 is 11.9 Å². The number of carboxylic acid groups (broad SMARTS) is 1. The fraction of sp³-hybridized carbons (Fsp3) is 0.375. The molecule has 0 heterocycles. The number of aliphatic carboxylic acids is 1. The number of ether oxygens (including phenoxy) is 1. The number of rotatable bonds is 12. The van der Waals surface area contributed by atoms with Gasteiger partial charge in [-0.3, -0.25) is 19.7 Å². The maximum Gasteiger partial charge on any atom is 0.308 e. The third-order valence-electron chi connectivity index (χ3n) is 3.45. The van der Waals surface area contributed by atoms with Crippen LogP contribution in [0.5, 0.6) is 0 Å². The van der Waals surface area contributed by atoms with Gasteiger partial charge in [0.15, 0.2) is 4.90 Å². The van der Waals surface area contributed by atoms with Crippen LogP contribution in [0.2, 0.25) is 0 Å². The summed E-state index contributed by atoms with van der Waals surface area (Å²) < 4.78 is 31.4. The van der Waals surface area contributed by atoms with Gasteiger partial charge in [-0.05, 0) is 18.9 Å². The number of sulfonamides is 1. The minimum absolute atomic E-state index is 0.0964. The summed E-state index contributed by atoms with van der Waals surface area (Å²) in [5.74, 6) is -3.56. The Morgan fingerprint density at radius 1 is 1.37 bits per heavy atom. The van der Waals surface area contributed by atoms with Crippen LogP contribution < -0.4 is 4.72 Å². The van der Waals surface area contributed by atoms with Crippen LogP contribution in [0.3, 0.4) is 0 Å². The zero-order valence-electron chi connectivity index (χ0n) is 14.4. The largest absolute Gasteiger partial charge is 0.481 e. The van der Waals surface area contributed by atoms with Gasteiger partial charge in [0.05, 0.1) is 23.9 Å². The molecule has 0 spiro atoms. The lowest BCUT2D eigenvalue weighted by molar-refractivity contribution is -0.387. The number of carbonyl (C=O) groups is 2. The van der Waals surface area contributed by atoms with Crippen molar-refractivity contribution in [3.05, 3.63) is 47.0 Å². The molecule has 148 valence electrons. The number of nitrogens with one attached hydrogen (secondary N) is 1. The minimum atomic E-state index is -4.34. The van der Waals surface area contributed by atoms with E-state index in [4.69, 9.17) is 4.74 Å². The summed E-state index contributed by atoms with van der Waals surface area (Å²) in [6, 6.07) is 4.66. The van der Waals surface area contributed by atoms with Crippen LogP contribution in [0.4, 0.5) is 5.69 Å². The van der Waals surface area contributed by atoms with E-state index >= 15 is 0 Å². The van der Waals surface area contributed by atoms with Crippen molar-refractivity contribution in [1.82, 2.24) is 4.72 Å². The number of para-hydroxylation sites is 1. The summed E-state index contributed by atoms with van der Waals surface area (Å²) in [7, 11) is -4.34. The van der Waals surface area contributed by atoms with E-state index in [0.717, 1.165) is 12.1 Å². The number of hydrogen-bond acceptors (Lipinski definition) is 7. The van der Waals surface area contributed by atoms with Crippen LogP contribution in [0.15, 0.2) is 41.8 Å². The second-order valence-electron chi connectivity index (χ2n) is 5.47. The topological polar surface area (TPSA) is 153 Å². The minimum Gasteiger partial charge on any atom is -0.481 e. The van der Waals surface area contributed by atoms with Gasteiger partial charge < -0.3 is 9.84 Å². The smallest absolute Gasteiger partial charge is 0.308 e. The van der Waals surface area contributed by atoms with Gasteiger partial charge in [0.1, 0.15) is 0 Å². The van der Waals surface area contributed by atoms with Crippen LogP contribution in [0.25, 0.3) is 0 Å². The van der Waals surface area contributed by atoms with Crippen LogP contribution in [0.1, 0.15) is 19.3 Å². The summed E-state index contributed by atoms with van der Waals surface area (Å²) in [6.45, 7) is 2.99. The van der Waals surface area contributed by atoms with Gasteiger partial charge in [0.2, 0.25) is 10.0 Å². The van der Waals surface area contributed by atoms with E-state index < -0.39 is 56.4 Å². The highest BCUT2D eigenvalue weighted by atomic mass is 32.2. The second-order valence-corrected chi connectivity index (χ2v) is 7.20. The molecule has 1 aromatic rings. The number of benzene rings is 1. The first-order chi connectivity index (χ1) is 12.7. The molecule has 1 atom stereocenters. The van der Waals surface area contributed by atoms with E-state index in [1.807, 2.05) is 4.72 Å². The van der Waals surface area contributed by atoms with Crippen LogP contribution in [-0.2, 0) is 24.3 Å². The molecule has 0 fully saturated rings. The zero-order valence-corrected chi connectivity index (χ0v) is 15.2. The van der Waals surface area contributed by atoms with Gasteiger partial charge in [-0.1, -0.05) is 18.2 Å². The molecule has 0 aromatic heterocycles. The predicted octanol–water partition coefficient (Wildman–Crippen LogP) is 1.47. The molecule has 2 N–H and O–H groups in total. The molecule has 0 unspecified atom stereocenters. The third kappa shape index (κ3) is 7.15. The Balaban J connectivity index is 2.76. The Morgan fingerprint density at radius 2 is 2.04 bits per heavy atom. The monoisotopic (exact) mass is 400 g/mol. The third-order valence-corrected chi connectivity index (χ3v) is 4.92. The molecule has 11 heteroatoms. The van der Waals surface area contributed by atoms with Crippen LogP contribution >= 0.6 is 0 Å². The van der Waals surface area contributed by atoms with Crippen molar-refractivity contribution in [3.8, 4) is 0 Å². The first-order valence-corrected chi connectivity index (χ1v) is 9.39. The quantitative estimate of drug-likeness (QED) is 0.176. The maximum absolute atomic E-state index is 12.3. The summed E-state index contributed by atoms with van der Waals surface area (Å²) in [6.07, 6.45) is 2.27. The lowest BCUT2D eigenvalue weighted by Crippen LogP contribution is -2.34. The molecule has 1 aromatic carbocycles. The molecule has 0 aliphatic carbocycles. The molecule has 0 bridgehead atoms. The first-order valence-electron chi connectivity index (χ1n) is 7.91. The number of nitro groups is 1. The van der Waals surface area contributed by atoms with Gasteiger partial charge in [-0.15, -0.1) is 6.58 Å². The van der Waals surface area contributed by atoms with E-state index in [9.17, 15) is 33.2 Å². The number of nitrogens with zero attached hydrogens (tertiary/aromatic N) is 1. The molecule has 0 amide bonds. The number of carboxylic acids is 1. The van der Waals surface area contributed by atoms with Gasteiger partial charge in [0.25, 0.3) is 5.69 Å². The standard InChI is InChI=1S/C16H20N2O8S/c1-2-3-6-9-26-15(19)10-12(16(20)21)11-17-27(24,25)14-8-5-4-7-13(14)18(22)23/h2,4-5,7-8,12,17H,1,3,6,9-11H2,(H,20,21)/t12-/m0/s1. The number of allylic oxidation sites excluding steroid dienone is 1. The molecule has 0 saturated heterocycles. The Kier molecular flexibility index (Phi) is 8.56. The maximum atomic E-state index is 12.3. The van der Waals surface area contributed by atoms with Gasteiger partial charge in [-0.2, -0.15) is 0 Å². The molecule has 0 aliphatic heterocycles. The number of esters is 1. The lowest BCUT2D eigenvalue weighted by Gasteiger charge is -2.13. The SMILES string of the molecule is C=CCCCOC(=O)C[C@@H](CNS(=O)(=O)c1ccccc1[N+](=O)[O-])C(=O)O. The van der Waals surface area contributed by atoms with Crippen molar-refractivity contribution in [2.45, 2.75) is 24.2 Å². The Hall–Kier alpha value is -2.79. The summed E-state index contributed by atoms with van der Waals surface area (Å²) in [4.78, 5) is 32.5. The number of unbranched alkanes of at least 4 members (excludes halogenated alkanes) is 1. The Labute approximate surface area is 156 Å². The van der Waals surface area contributed by atoms with Crippen molar-refractivity contribution in [2.75, 3.05) is 13.2 Å². The highest BCUT2D eigenvalue weighted by molar-refractivity contribution is 7.89. The van der Waals surface area contributed by atoms with Crippen molar-refractivity contribution in [3.63, 3.8) is 0 Å². The average molecular weight is 400 g/mol. The van der Waals surface area contributed by atoms with Crippen molar-refractivity contribution < 1.29 is 32.8 Å². The molecule has 10 nitrogen and oxygen atoms in total. The molecule has 0 aliphatic rings. The number of nitro benzene ring substituents is 1. The highest BCUT2D eigenvalue weighted by Crippen LogP contribution is 2.22. The second kappa shape index (κ2) is 10.4. The summed E-state index contributed by atoms with van der Waals surface area (Å²) in [5.41, 5.74) is -0.640. The van der Waals surface area contributed by atoms with Crippen molar-refractivity contribution in [2.24, 2.45) is 5.92 Å². The Bertz CT molecular complexity index is 806. The van der Waals surface area contributed by atoms with Gasteiger partial charge in [0, 0.05) is 12.6 Å². The van der Waals surface area contributed by atoms with E-state index in [1.165, 1.54) is 12.1 Å². The van der Waals surface area contributed by atoms with E-state index in [1.54, 1.807) is 6.08 Å². The van der Waals surface area contributed by atoms with E-state index in [2.05, 4.69) is 6.58 Å². The number of hydrogen-bond donors (Lipinski definition) is 2. The summed E-state index contributed by atoms with van der Waals surface area (Å²) >= 11 is 0. The zero-order chi connectivity index (χ0) is 20.4. The molecular formula is C16H20N2O8S. The first kappa shape index (κ1) is 22.3. The van der Waals surface area contributed by atoms with Crippen molar-refractivity contribution in [1.29, 1.82) is 0 Å². The molecular weight excluding hydrogens is 380 g/mol. The average Bonchev–Trinajstić information content (AvgIpc) is 2.62. The van der Waals surface area contributed by atoms with E-state index in [-0.39, 0.29) is 6.61 Å². The molecule has 27 heavy (non-hydrogen) atoms. The lowest BCUT2D eigenvalue weighted by atomic mass is 10.1. The highest BCUT2D eigenvalue weighted by Gasteiger charge is 2.28.